The third-order valence-electron chi connectivity index (χ3n) is 9.16. The summed E-state index contributed by atoms with van der Waals surface area (Å²) < 4.78 is 34.3. The van der Waals surface area contributed by atoms with E-state index in [1.807, 2.05) is 27.2 Å². The van der Waals surface area contributed by atoms with Crippen LogP contribution in [0.25, 0.3) is 0 Å². The number of esters is 2. The Kier molecular flexibility index (Phi) is 38.7. The summed E-state index contributed by atoms with van der Waals surface area (Å²) in [5.74, 6) is -0.883. The molecule has 2 atom stereocenters. The third-order valence-corrected chi connectivity index (χ3v) is 10.1. The molecule has 10 heteroatoms. The maximum atomic E-state index is 12.7. The van der Waals surface area contributed by atoms with Crippen molar-refractivity contribution in [3.05, 3.63) is 85.1 Å². The van der Waals surface area contributed by atoms with E-state index >= 15 is 0 Å². The fourth-order valence-corrected chi connectivity index (χ4v) is 6.35. The molecule has 0 amide bonds. The van der Waals surface area contributed by atoms with Crippen molar-refractivity contribution in [2.45, 2.75) is 168 Å². The molecule has 338 valence electrons. The van der Waals surface area contributed by atoms with Crippen LogP contribution in [0.4, 0.5) is 0 Å². The summed E-state index contributed by atoms with van der Waals surface area (Å²) in [4.78, 5) is 35.4. The van der Waals surface area contributed by atoms with E-state index in [0.29, 0.717) is 23.9 Å². The molecule has 0 aliphatic heterocycles. The number of quaternary nitrogens is 1. The fourth-order valence-electron chi connectivity index (χ4n) is 5.61. The van der Waals surface area contributed by atoms with Gasteiger partial charge in [0.05, 0.1) is 27.7 Å². The summed E-state index contributed by atoms with van der Waals surface area (Å²) >= 11 is 0. The quantitative estimate of drug-likeness (QED) is 0.0214. The lowest BCUT2D eigenvalue weighted by Crippen LogP contribution is -2.37. The van der Waals surface area contributed by atoms with E-state index in [2.05, 4.69) is 92.8 Å². The molecule has 2 unspecified atom stereocenters. The first-order chi connectivity index (χ1) is 28.5. The normalized spacial score (nSPS) is 14.3. The Morgan fingerprint density at radius 3 is 1.49 bits per heavy atom. The van der Waals surface area contributed by atoms with Crippen molar-refractivity contribution in [1.29, 1.82) is 0 Å². The number of likely N-dealkylation sites (N-methyl/N-ethyl adjacent to an activating group) is 1. The standard InChI is InChI=1S/C49H84NO8P/c1-6-8-10-12-14-16-18-20-22-24-26-27-29-31-33-35-37-39-41-48(51)55-45-47(46-57-59(53,54)56-44-43-50(3,4)5)58-49(52)42-40-38-36-34-32-30-28-25-23-21-19-17-15-13-11-9-7-2/h9,11,15-18,21-24,28,30,34,36,47H,6-8,10,12-14,19-20,25-27,29,31-33,35,37-46H2,1-5H3/p+1/b11-9-,17-15-,18-16-,23-21-,24-22-,30-28-,36-34-. The number of nitrogens with zero attached hydrogens (tertiary/aromatic N) is 1. The lowest BCUT2D eigenvalue weighted by molar-refractivity contribution is -0.870. The van der Waals surface area contributed by atoms with Crippen molar-refractivity contribution in [3.63, 3.8) is 0 Å². The summed E-state index contributed by atoms with van der Waals surface area (Å²) in [6.07, 6.45) is 52.1. The molecule has 0 heterocycles. The van der Waals surface area contributed by atoms with Gasteiger partial charge in [0, 0.05) is 12.8 Å². The summed E-state index contributed by atoms with van der Waals surface area (Å²) in [5.41, 5.74) is 0. The Labute approximate surface area is 361 Å². The monoisotopic (exact) mass is 847 g/mol. The summed E-state index contributed by atoms with van der Waals surface area (Å²) in [7, 11) is 1.42. The van der Waals surface area contributed by atoms with Crippen molar-refractivity contribution < 1.29 is 42.1 Å². The van der Waals surface area contributed by atoms with Crippen LogP contribution in [0.2, 0.25) is 0 Å². The van der Waals surface area contributed by atoms with Crippen LogP contribution in [0.1, 0.15) is 162 Å². The Balaban J connectivity index is 4.46. The maximum absolute atomic E-state index is 12.7. The molecule has 0 saturated heterocycles. The Morgan fingerprint density at radius 1 is 0.542 bits per heavy atom. The number of unbranched alkanes of at least 4 members (excludes halogenated alkanes) is 12. The highest BCUT2D eigenvalue weighted by molar-refractivity contribution is 7.47. The smallest absolute Gasteiger partial charge is 0.462 e. The van der Waals surface area contributed by atoms with Gasteiger partial charge in [-0.2, -0.15) is 0 Å². The van der Waals surface area contributed by atoms with Gasteiger partial charge in [-0.3, -0.25) is 18.6 Å². The third kappa shape index (κ3) is 44.6. The van der Waals surface area contributed by atoms with E-state index < -0.39 is 32.5 Å². The average Bonchev–Trinajstić information content (AvgIpc) is 3.19. The van der Waals surface area contributed by atoms with Gasteiger partial charge in [-0.15, -0.1) is 0 Å². The van der Waals surface area contributed by atoms with E-state index in [0.717, 1.165) is 70.6 Å². The number of allylic oxidation sites excluding steroid dienone is 14. The molecule has 0 rings (SSSR count). The van der Waals surface area contributed by atoms with Gasteiger partial charge in [-0.1, -0.05) is 150 Å². The first kappa shape index (κ1) is 56.2. The van der Waals surface area contributed by atoms with Crippen LogP contribution in [0.15, 0.2) is 85.1 Å². The van der Waals surface area contributed by atoms with Gasteiger partial charge in [0.1, 0.15) is 19.8 Å². The molecule has 0 spiro atoms. The molecule has 0 radical (unpaired) electrons. The van der Waals surface area contributed by atoms with E-state index in [4.69, 9.17) is 18.5 Å². The molecule has 0 aliphatic rings. The largest absolute Gasteiger partial charge is 0.472 e. The van der Waals surface area contributed by atoms with Crippen molar-refractivity contribution in [2.24, 2.45) is 0 Å². The van der Waals surface area contributed by atoms with E-state index in [9.17, 15) is 19.0 Å². The Hall–Kier alpha value is -2.81. The molecule has 0 saturated carbocycles. The van der Waals surface area contributed by atoms with Crippen LogP contribution in [0.3, 0.4) is 0 Å². The molecule has 9 nitrogen and oxygen atoms in total. The first-order valence-electron chi connectivity index (χ1n) is 22.8. The fraction of sp³-hybridized carbons (Fsp3) is 0.673. The van der Waals surface area contributed by atoms with Crippen molar-refractivity contribution in [3.8, 4) is 0 Å². The number of rotatable bonds is 40. The number of phosphoric ester groups is 1. The van der Waals surface area contributed by atoms with Gasteiger partial charge in [-0.05, 0) is 83.5 Å². The van der Waals surface area contributed by atoms with Crippen LogP contribution >= 0.6 is 7.82 Å². The number of carbonyl (C=O) groups is 2. The van der Waals surface area contributed by atoms with Gasteiger partial charge in [0.2, 0.25) is 0 Å². The predicted molar refractivity (Wildman–Crippen MR) is 247 cm³/mol. The number of hydrogen-bond donors (Lipinski definition) is 1. The molecule has 0 fully saturated rings. The molecule has 0 aromatic rings. The SMILES string of the molecule is CC/C=C\C/C=C\C/C=C\C/C=C\C/C=C\CCCC(=O)OC(COC(=O)CCCCCCCCC/C=C\C/C=C\CCCCCC)COP(=O)(O)OCC[N+](C)(C)C. The molecule has 0 aliphatic carbocycles. The predicted octanol–water partition coefficient (Wildman–Crippen LogP) is 13.2. The van der Waals surface area contributed by atoms with Crippen LogP contribution in [-0.4, -0.2) is 74.9 Å². The average molecular weight is 847 g/mol. The van der Waals surface area contributed by atoms with E-state index in [-0.39, 0.29) is 26.1 Å². The zero-order valence-electron chi connectivity index (χ0n) is 38.0. The number of ether oxygens (including phenoxy) is 2. The van der Waals surface area contributed by atoms with Crippen LogP contribution in [-0.2, 0) is 32.7 Å². The van der Waals surface area contributed by atoms with Gasteiger partial charge in [0.15, 0.2) is 6.10 Å². The zero-order chi connectivity index (χ0) is 43.6. The zero-order valence-corrected chi connectivity index (χ0v) is 38.8. The van der Waals surface area contributed by atoms with E-state index in [1.54, 1.807) is 0 Å². The molecule has 0 aromatic heterocycles. The second kappa shape index (κ2) is 40.6. The minimum absolute atomic E-state index is 0.0151. The topological polar surface area (TPSA) is 108 Å². The van der Waals surface area contributed by atoms with Gasteiger partial charge in [-0.25, -0.2) is 4.57 Å². The minimum atomic E-state index is -4.40. The van der Waals surface area contributed by atoms with Gasteiger partial charge in [0.25, 0.3) is 0 Å². The molecule has 1 N–H and O–H groups in total. The van der Waals surface area contributed by atoms with Crippen LogP contribution in [0.5, 0.6) is 0 Å². The lowest BCUT2D eigenvalue weighted by atomic mass is 10.1. The number of phosphoric acid groups is 1. The first-order valence-corrected chi connectivity index (χ1v) is 24.3. The minimum Gasteiger partial charge on any atom is -0.462 e. The van der Waals surface area contributed by atoms with E-state index in [1.165, 1.54) is 51.4 Å². The maximum Gasteiger partial charge on any atom is 0.472 e. The number of carbonyl (C=O) groups excluding carboxylic acids is 2. The molecule has 0 bridgehead atoms. The summed E-state index contributed by atoms with van der Waals surface area (Å²) in [6, 6.07) is 0. The highest BCUT2D eigenvalue weighted by atomic mass is 31.2. The second-order valence-corrected chi connectivity index (χ2v) is 17.5. The molecular weight excluding hydrogens is 762 g/mol. The lowest BCUT2D eigenvalue weighted by Gasteiger charge is -2.24. The molecular formula is C49H85NO8P+. The summed E-state index contributed by atoms with van der Waals surface area (Å²) in [5, 5.41) is 0. The van der Waals surface area contributed by atoms with Crippen LogP contribution < -0.4 is 0 Å². The highest BCUT2D eigenvalue weighted by Gasteiger charge is 2.27. The summed E-state index contributed by atoms with van der Waals surface area (Å²) in [6.45, 7) is 4.20. The Bertz CT molecular complexity index is 1280. The van der Waals surface area contributed by atoms with Crippen LogP contribution in [0, 0.1) is 0 Å². The van der Waals surface area contributed by atoms with Crippen molar-refractivity contribution in [2.75, 3.05) is 47.5 Å². The second-order valence-electron chi connectivity index (χ2n) is 16.0. The molecule has 59 heavy (non-hydrogen) atoms. The molecule has 0 aromatic carbocycles. The van der Waals surface area contributed by atoms with Gasteiger partial charge >= 0.3 is 19.8 Å². The highest BCUT2D eigenvalue weighted by Crippen LogP contribution is 2.43. The van der Waals surface area contributed by atoms with Crippen molar-refractivity contribution in [1.82, 2.24) is 0 Å². The van der Waals surface area contributed by atoms with Crippen molar-refractivity contribution >= 4 is 19.8 Å². The Morgan fingerprint density at radius 2 is 0.983 bits per heavy atom. The number of hydrogen-bond acceptors (Lipinski definition) is 7. The van der Waals surface area contributed by atoms with Gasteiger partial charge < -0.3 is 18.9 Å².